The van der Waals surface area contributed by atoms with Crippen LogP contribution in [-0.4, -0.2) is 81.3 Å². The normalized spacial score (nSPS) is 14.7. The van der Waals surface area contributed by atoms with Crippen molar-refractivity contribution < 1.29 is 45.4 Å². The number of anilines is 1. The summed E-state index contributed by atoms with van der Waals surface area (Å²) < 4.78 is 95.3. The van der Waals surface area contributed by atoms with Crippen LogP contribution in [0.15, 0.2) is 52.3 Å². The molecule has 44 heavy (non-hydrogen) atoms. The van der Waals surface area contributed by atoms with Gasteiger partial charge in [0, 0.05) is 68.0 Å². The van der Waals surface area contributed by atoms with E-state index in [1.165, 1.54) is 25.2 Å². The van der Waals surface area contributed by atoms with Crippen molar-refractivity contribution in [3.63, 3.8) is 0 Å². The second kappa shape index (κ2) is 15.7. The Kier molecular flexibility index (Phi) is 12.6. The summed E-state index contributed by atoms with van der Waals surface area (Å²) in [4.78, 5) is 27.2. The number of carbonyl (C=O) groups excluding carboxylic acids is 2. The van der Waals surface area contributed by atoms with Gasteiger partial charge in [0.25, 0.3) is 0 Å². The highest BCUT2D eigenvalue weighted by Crippen LogP contribution is 2.48. The maximum atomic E-state index is 14.3. The lowest BCUT2D eigenvalue weighted by atomic mass is 9.99. The van der Waals surface area contributed by atoms with Crippen LogP contribution in [0.1, 0.15) is 36.5 Å². The zero-order chi connectivity index (χ0) is 32.5. The predicted molar refractivity (Wildman–Crippen MR) is 155 cm³/mol. The molecule has 0 aromatic heterocycles. The highest BCUT2D eigenvalue weighted by atomic mass is 32.2. The van der Waals surface area contributed by atoms with Gasteiger partial charge in [0.2, 0.25) is 11.8 Å². The number of alkyl halides is 6. The van der Waals surface area contributed by atoms with Crippen LogP contribution in [0.4, 0.5) is 32.0 Å². The minimum absolute atomic E-state index is 0.00340. The third kappa shape index (κ3) is 9.63. The average Bonchev–Trinajstić information content (AvgIpc) is 2.96. The van der Waals surface area contributed by atoms with E-state index < -0.39 is 39.8 Å². The van der Waals surface area contributed by atoms with Gasteiger partial charge in [-0.25, -0.2) is 0 Å². The van der Waals surface area contributed by atoms with Gasteiger partial charge in [-0.2, -0.15) is 26.3 Å². The lowest BCUT2D eigenvalue weighted by Crippen LogP contribution is -2.43. The lowest BCUT2D eigenvalue weighted by molar-refractivity contribution is -0.163. The van der Waals surface area contributed by atoms with Crippen LogP contribution in [0.25, 0.3) is 6.08 Å². The first kappa shape index (κ1) is 35.3. The van der Waals surface area contributed by atoms with E-state index in [9.17, 15) is 35.9 Å². The molecule has 242 valence electrons. The van der Waals surface area contributed by atoms with E-state index in [1.54, 1.807) is 30.0 Å². The molecule has 1 saturated heterocycles. The first-order chi connectivity index (χ1) is 20.8. The fraction of sp³-hybridized carbons (Fsp3) is 0.467. The fourth-order valence-electron chi connectivity index (χ4n) is 4.80. The predicted octanol–water partition coefficient (Wildman–Crippen LogP) is 6.43. The van der Waals surface area contributed by atoms with Gasteiger partial charge in [0.1, 0.15) is 6.61 Å². The quantitative estimate of drug-likeness (QED) is 0.212. The molecule has 0 spiro atoms. The summed E-state index contributed by atoms with van der Waals surface area (Å²) in [5.74, 6) is -0.762. The highest BCUT2D eigenvalue weighted by Gasteiger charge is 2.46. The van der Waals surface area contributed by atoms with Crippen LogP contribution in [0.5, 0.6) is 0 Å². The molecule has 2 aromatic rings. The van der Waals surface area contributed by atoms with Crippen LogP contribution >= 0.6 is 11.8 Å². The van der Waals surface area contributed by atoms with Crippen molar-refractivity contribution in [1.82, 2.24) is 9.80 Å². The first-order valence-corrected chi connectivity index (χ1v) is 14.7. The number of rotatable bonds is 12. The van der Waals surface area contributed by atoms with Crippen molar-refractivity contribution in [2.45, 2.75) is 48.0 Å². The molecule has 0 radical (unpaired) electrons. The Morgan fingerprint density at radius 1 is 1.02 bits per heavy atom. The molecule has 1 N–H and O–H groups in total. The van der Waals surface area contributed by atoms with Crippen LogP contribution in [0.3, 0.4) is 0 Å². The van der Waals surface area contributed by atoms with Crippen LogP contribution < -0.4 is 5.32 Å². The topological polar surface area (TPSA) is 71.1 Å². The van der Waals surface area contributed by atoms with E-state index in [2.05, 4.69) is 5.32 Å². The van der Waals surface area contributed by atoms with E-state index in [1.807, 2.05) is 0 Å². The molecule has 1 heterocycles. The van der Waals surface area contributed by atoms with Crippen molar-refractivity contribution in [3.8, 4) is 0 Å². The molecule has 1 fully saturated rings. The summed E-state index contributed by atoms with van der Waals surface area (Å²) in [7, 11) is 2.87. The van der Waals surface area contributed by atoms with E-state index in [4.69, 9.17) is 9.47 Å². The monoisotopic (exact) mass is 647 g/mol. The number of likely N-dealkylation sites (tertiary alicyclic amines) is 1. The molecule has 0 bridgehead atoms. The molecule has 0 saturated carbocycles. The lowest BCUT2D eigenvalue weighted by Gasteiger charge is -2.32. The molecule has 1 aliphatic heterocycles. The van der Waals surface area contributed by atoms with Gasteiger partial charge in [-0.1, -0.05) is 23.9 Å². The zero-order valence-corrected chi connectivity index (χ0v) is 25.4. The fourth-order valence-corrected chi connectivity index (χ4v) is 5.84. The number of halogens is 6. The first-order valence-electron chi connectivity index (χ1n) is 13.9. The van der Waals surface area contributed by atoms with Gasteiger partial charge in [-0.3, -0.25) is 9.59 Å². The van der Waals surface area contributed by atoms with E-state index in [0.29, 0.717) is 48.3 Å². The summed E-state index contributed by atoms with van der Waals surface area (Å²) in [5, 5.41) is 3.30. The summed E-state index contributed by atoms with van der Waals surface area (Å²) in [5.41, 5.74) is -3.85. The molecule has 2 amide bonds. The Hall–Kier alpha value is -3.23. The zero-order valence-electron chi connectivity index (χ0n) is 24.6. The Morgan fingerprint density at radius 3 is 2.30 bits per heavy atom. The number of nitrogens with zero attached hydrogens (tertiary/aromatic N) is 2. The van der Waals surface area contributed by atoms with Crippen molar-refractivity contribution in [3.05, 3.63) is 59.2 Å². The van der Waals surface area contributed by atoms with Crippen LogP contribution in [0, 0.1) is 0 Å². The van der Waals surface area contributed by atoms with E-state index in [-0.39, 0.29) is 38.3 Å². The molecule has 0 atom stereocenters. The number of hydrogen-bond acceptors (Lipinski definition) is 6. The molecule has 0 aliphatic carbocycles. The number of nitrogens with one attached hydrogen (secondary N) is 1. The van der Waals surface area contributed by atoms with Gasteiger partial charge in [-0.05, 0) is 55.7 Å². The molecule has 1 aliphatic rings. The number of ether oxygens (including phenoxy) is 2. The van der Waals surface area contributed by atoms with Crippen molar-refractivity contribution in [2.75, 3.05) is 58.9 Å². The largest absolute Gasteiger partial charge is 0.418 e. The van der Waals surface area contributed by atoms with Gasteiger partial charge in [0.05, 0.1) is 17.7 Å². The summed E-state index contributed by atoms with van der Waals surface area (Å²) >= 11 is 0.568. The molecule has 0 unspecified atom stereocenters. The van der Waals surface area contributed by atoms with Gasteiger partial charge in [0.15, 0.2) is 0 Å². The van der Waals surface area contributed by atoms with Crippen LogP contribution in [-0.2, 0) is 31.4 Å². The third-order valence-corrected chi connectivity index (χ3v) is 8.03. The van der Waals surface area contributed by atoms with Gasteiger partial charge in [-0.15, -0.1) is 0 Å². The maximum absolute atomic E-state index is 14.3. The number of likely N-dealkylation sites (N-methyl/N-ethyl adjacent to an activating group) is 1. The molecule has 3 rings (SSSR count). The Labute approximate surface area is 256 Å². The third-order valence-electron chi connectivity index (χ3n) is 6.98. The maximum Gasteiger partial charge on any atom is 0.418 e. The minimum atomic E-state index is -5.35. The number of benzene rings is 2. The van der Waals surface area contributed by atoms with E-state index >= 15 is 0 Å². The summed E-state index contributed by atoms with van der Waals surface area (Å²) in [6.45, 7) is 3.29. The molecule has 2 aromatic carbocycles. The summed E-state index contributed by atoms with van der Waals surface area (Å²) in [6.07, 6.45) is -7.81. The number of methoxy groups -OCH3 is 2. The molecular weight excluding hydrogens is 612 g/mol. The second-order valence-corrected chi connectivity index (χ2v) is 11.1. The van der Waals surface area contributed by atoms with Crippen LogP contribution in [0.2, 0.25) is 0 Å². The molecule has 7 nitrogen and oxygen atoms in total. The van der Waals surface area contributed by atoms with E-state index in [0.717, 1.165) is 24.3 Å². The van der Waals surface area contributed by atoms with Crippen molar-refractivity contribution >= 4 is 35.3 Å². The van der Waals surface area contributed by atoms with Gasteiger partial charge < -0.3 is 24.6 Å². The second-order valence-electron chi connectivity index (χ2n) is 10.0. The average molecular weight is 648 g/mol. The number of hydrogen-bond donors (Lipinski definition) is 1. The Morgan fingerprint density at radius 2 is 1.70 bits per heavy atom. The smallest absolute Gasteiger partial charge is 0.383 e. The number of piperidine rings is 1. The Bertz CT molecular complexity index is 1310. The number of carbonyl (C=O) groups is 2. The SMILES string of the molecule is CCN(CCOC)C(=O)/C=C/c1ccc(Sc2cccc(NC3CCN(C(=O)COC)CC3)c2)c(C(F)(F)F)c1C(F)(F)F. The molecule has 14 heteroatoms. The summed E-state index contributed by atoms with van der Waals surface area (Å²) in [6, 6.07) is 8.34. The van der Waals surface area contributed by atoms with Gasteiger partial charge >= 0.3 is 12.4 Å². The minimum Gasteiger partial charge on any atom is -0.383 e. The standard InChI is InChI=1S/C30H35F6N3O4S/c1-4-38(16-17-42-2)25(40)11-9-20-8-10-24(28(30(34,35)36)27(20)29(31,32)33)44-23-7-5-6-22(18-23)37-21-12-14-39(15-13-21)26(41)19-43-3/h5-11,18,21,37H,4,12-17,19H2,1-3H3/b11-9+. The van der Waals surface area contributed by atoms with Crippen molar-refractivity contribution in [2.24, 2.45) is 0 Å². The number of amides is 2. The Balaban J connectivity index is 1.87. The van der Waals surface area contributed by atoms with Crippen molar-refractivity contribution in [1.29, 1.82) is 0 Å². The molecular formula is C30H35F6N3O4S. The highest BCUT2D eigenvalue weighted by molar-refractivity contribution is 7.99.